The number of hydrogen-bond acceptors (Lipinski definition) is 7. The number of methoxy groups -OCH3 is 2. The zero-order valence-electron chi connectivity index (χ0n) is 11.1. The van der Waals surface area contributed by atoms with E-state index >= 15 is 0 Å². The first-order valence-corrected chi connectivity index (χ1v) is 6.94. The van der Waals surface area contributed by atoms with E-state index in [2.05, 4.69) is 27.2 Å². The molecular weight excluding hydrogens is 252 g/mol. The third-order valence-electron chi connectivity index (χ3n) is 2.03. The van der Waals surface area contributed by atoms with E-state index in [1.807, 2.05) is 0 Å². The molecule has 0 spiro atoms. The van der Waals surface area contributed by atoms with Crippen LogP contribution in [0.3, 0.4) is 0 Å². The fourth-order valence-electron chi connectivity index (χ4n) is 1.18. The monoisotopic (exact) mass is 272 g/mol. The molecule has 0 aliphatic rings. The molecule has 18 heavy (non-hydrogen) atoms. The first kappa shape index (κ1) is 15.0. The van der Waals surface area contributed by atoms with Crippen LogP contribution in [0.15, 0.2) is 5.16 Å². The van der Waals surface area contributed by atoms with Gasteiger partial charge in [-0.15, -0.1) is 0 Å². The highest BCUT2D eigenvalue weighted by molar-refractivity contribution is 7.99. The molecule has 0 saturated carbocycles. The molecule has 0 amide bonds. The van der Waals surface area contributed by atoms with Crippen molar-refractivity contribution < 1.29 is 9.47 Å². The molecule has 0 aliphatic heterocycles. The summed E-state index contributed by atoms with van der Waals surface area (Å²) in [6.45, 7) is 3.67. The molecule has 0 unspecified atom stereocenters. The van der Waals surface area contributed by atoms with Gasteiger partial charge in [0.2, 0.25) is 5.95 Å². The Kier molecular flexibility index (Phi) is 7.43. The van der Waals surface area contributed by atoms with Crippen LogP contribution in [-0.2, 0) is 4.74 Å². The van der Waals surface area contributed by atoms with Gasteiger partial charge in [0.15, 0.2) is 5.16 Å². The number of nitrogens with one attached hydrogen (secondary N) is 1. The molecule has 0 radical (unpaired) electrons. The third kappa shape index (κ3) is 5.50. The molecule has 1 rings (SSSR count). The maximum absolute atomic E-state index is 5.06. The van der Waals surface area contributed by atoms with E-state index in [1.54, 1.807) is 26.0 Å². The van der Waals surface area contributed by atoms with Crippen LogP contribution in [0, 0.1) is 0 Å². The lowest BCUT2D eigenvalue weighted by Gasteiger charge is -2.06. The second kappa shape index (κ2) is 8.93. The van der Waals surface area contributed by atoms with E-state index < -0.39 is 0 Å². The fraction of sp³-hybridized carbons (Fsp3) is 0.727. The lowest BCUT2D eigenvalue weighted by atomic mass is 10.5. The largest absolute Gasteiger partial charge is 0.467 e. The third-order valence-corrected chi connectivity index (χ3v) is 2.97. The van der Waals surface area contributed by atoms with Crippen molar-refractivity contribution in [2.24, 2.45) is 0 Å². The molecule has 1 heterocycles. The normalized spacial score (nSPS) is 10.4. The maximum atomic E-state index is 5.06. The van der Waals surface area contributed by atoms with Crippen LogP contribution in [0.4, 0.5) is 5.95 Å². The summed E-state index contributed by atoms with van der Waals surface area (Å²) in [5, 5.41) is 3.81. The first-order chi connectivity index (χ1) is 8.80. The SMILES string of the molecule is CCCNc1nc(OC)nc(SCCCOC)n1. The lowest BCUT2D eigenvalue weighted by molar-refractivity contribution is 0.200. The van der Waals surface area contributed by atoms with Gasteiger partial charge in [-0.3, -0.25) is 0 Å². The number of anilines is 1. The van der Waals surface area contributed by atoms with E-state index in [0.29, 0.717) is 17.1 Å². The summed E-state index contributed by atoms with van der Waals surface area (Å²) in [5.74, 6) is 1.48. The molecule has 0 saturated heterocycles. The molecule has 6 nitrogen and oxygen atoms in total. The van der Waals surface area contributed by atoms with Crippen LogP contribution in [0.2, 0.25) is 0 Å². The van der Waals surface area contributed by atoms with Crippen LogP contribution in [0.1, 0.15) is 19.8 Å². The van der Waals surface area contributed by atoms with Crippen LogP contribution in [-0.4, -0.2) is 48.1 Å². The summed E-state index contributed by atoms with van der Waals surface area (Å²) < 4.78 is 10.1. The number of ether oxygens (including phenoxy) is 2. The van der Waals surface area contributed by atoms with Crippen LogP contribution in [0.5, 0.6) is 6.01 Å². The Morgan fingerprint density at radius 2 is 2.06 bits per heavy atom. The zero-order valence-corrected chi connectivity index (χ0v) is 11.9. The standard InChI is InChI=1S/C11H20N4O2S/c1-4-6-12-9-13-10(17-3)15-11(14-9)18-8-5-7-16-2/h4-8H2,1-3H3,(H,12,13,14,15). The minimum Gasteiger partial charge on any atom is -0.467 e. The molecule has 1 aromatic rings. The summed E-state index contributed by atoms with van der Waals surface area (Å²) in [4.78, 5) is 12.7. The number of thioether (sulfide) groups is 1. The summed E-state index contributed by atoms with van der Waals surface area (Å²) in [7, 11) is 3.25. The quantitative estimate of drug-likeness (QED) is 0.543. The molecule has 1 aromatic heterocycles. The molecule has 0 atom stereocenters. The average Bonchev–Trinajstić information content (AvgIpc) is 2.41. The van der Waals surface area contributed by atoms with Crippen molar-refractivity contribution in [2.75, 3.05) is 38.4 Å². The highest BCUT2D eigenvalue weighted by atomic mass is 32.2. The van der Waals surface area contributed by atoms with Gasteiger partial charge in [0, 0.05) is 26.0 Å². The molecular formula is C11H20N4O2S. The average molecular weight is 272 g/mol. The van der Waals surface area contributed by atoms with Crippen molar-refractivity contribution in [1.82, 2.24) is 15.0 Å². The summed E-state index contributed by atoms with van der Waals surface area (Å²) in [6.07, 6.45) is 1.98. The molecule has 102 valence electrons. The molecule has 0 aromatic carbocycles. The Bertz CT molecular complexity index is 352. The number of hydrogen-bond donors (Lipinski definition) is 1. The van der Waals surface area contributed by atoms with Crippen molar-refractivity contribution >= 4 is 17.7 Å². The van der Waals surface area contributed by atoms with Crippen LogP contribution < -0.4 is 10.1 Å². The fourth-order valence-corrected chi connectivity index (χ4v) is 1.91. The first-order valence-electron chi connectivity index (χ1n) is 5.95. The van der Waals surface area contributed by atoms with E-state index in [-0.39, 0.29) is 0 Å². The van der Waals surface area contributed by atoms with Crippen molar-refractivity contribution in [2.45, 2.75) is 24.9 Å². The van der Waals surface area contributed by atoms with Gasteiger partial charge in [0.05, 0.1) is 7.11 Å². The lowest BCUT2D eigenvalue weighted by Crippen LogP contribution is -2.07. The van der Waals surface area contributed by atoms with Gasteiger partial charge >= 0.3 is 6.01 Å². The Morgan fingerprint density at radius 3 is 2.72 bits per heavy atom. The van der Waals surface area contributed by atoms with Crippen molar-refractivity contribution in [1.29, 1.82) is 0 Å². The topological polar surface area (TPSA) is 69.2 Å². The summed E-state index contributed by atoms with van der Waals surface area (Å²) in [6, 6.07) is 0.345. The van der Waals surface area contributed by atoms with Gasteiger partial charge in [0.1, 0.15) is 0 Å². The zero-order chi connectivity index (χ0) is 13.2. The second-order valence-electron chi connectivity index (χ2n) is 3.55. The van der Waals surface area contributed by atoms with E-state index in [0.717, 1.165) is 31.7 Å². The van der Waals surface area contributed by atoms with Gasteiger partial charge in [0.25, 0.3) is 0 Å². The predicted octanol–water partition coefficient (Wildman–Crippen LogP) is 1.83. The van der Waals surface area contributed by atoms with E-state index in [4.69, 9.17) is 9.47 Å². The summed E-state index contributed by atoms with van der Waals surface area (Å²) >= 11 is 1.58. The molecule has 1 N–H and O–H groups in total. The second-order valence-corrected chi connectivity index (χ2v) is 4.61. The molecule has 7 heteroatoms. The van der Waals surface area contributed by atoms with Crippen molar-refractivity contribution in [3.63, 3.8) is 0 Å². The van der Waals surface area contributed by atoms with Crippen LogP contribution in [0.25, 0.3) is 0 Å². The Labute approximate surface area is 112 Å². The molecule has 0 aliphatic carbocycles. The smallest absolute Gasteiger partial charge is 0.321 e. The highest BCUT2D eigenvalue weighted by Crippen LogP contribution is 2.18. The van der Waals surface area contributed by atoms with Gasteiger partial charge in [-0.2, -0.15) is 15.0 Å². The Balaban J connectivity index is 2.58. The number of rotatable bonds is 9. The van der Waals surface area contributed by atoms with Crippen molar-refractivity contribution in [3.05, 3.63) is 0 Å². The Morgan fingerprint density at radius 1 is 1.22 bits per heavy atom. The maximum Gasteiger partial charge on any atom is 0.321 e. The minimum atomic E-state index is 0.345. The summed E-state index contributed by atoms with van der Waals surface area (Å²) in [5.41, 5.74) is 0. The van der Waals surface area contributed by atoms with Gasteiger partial charge in [-0.05, 0) is 12.8 Å². The highest BCUT2D eigenvalue weighted by Gasteiger charge is 2.06. The molecule has 0 fully saturated rings. The predicted molar refractivity (Wildman–Crippen MR) is 72.4 cm³/mol. The van der Waals surface area contributed by atoms with E-state index in [9.17, 15) is 0 Å². The van der Waals surface area contributed by atoms with Crippen LogP contribution >= 0.6 is 11.8 Å². The van der Waals surface area contributed by atoms with Gasteiger partial charge in [-0.25, -0.2) is 0 Å². The van der Waals surface area contributed by atoms with Gasteiger partial charge in [-0.1, -0.05) is 18.7 Å². The minimum absolute atomic E-state index is 0.345. The van der Waals surface area contributed by atoms with Crippen molar-refractivity contribution in [3.8, 4) is 6.01 Å². The number of aromatic nitrogens is 3. The Hall–Kier alpha value is -1.08. The van der Waals surface area contributed by atoms with E-state index in [1.165, 1.54) is 0 Å². The molecule has 0 bridgehead atoms. The number of nitrogens with zero attached hydrogens (tertiary/aromatic N) is 3. The van der Waals surface area contributed by atoms with Gasteiger partial charge < -0.3 is 14.8 Å².